The molecule has 0 saturated carbocycles. The van der Waals surface area contributed by atoms with Gasteiger partial charge in [-0.25, -0.2) is 4.79 Å². The van der Waals surface area contributed by atoms with E-state index >= 15 is 0 Å². The molecule has 26 heavy (non-hydrogen) atoms. The van der Waals surface area contributed by atoms with Gasteiger partial charge in [0.2, 0.25) is 0 Å². The molecule has 2 aliphatic rings. The number of nitrogens with zero attached hydrogens (tertiary/aromatic N) is 2. The van der Waals surface area contributed by atoms with Crippen LogP contribution in [0.15, 0.2) is 60.7 Å². The lowest BCUT2D eigenvalue weighted by Gasteiger charge is -2.33. The van der Waals surface area contributed by atoms with Crippen molar-refractivity contribution in [2.45, 2.75) is 31.2 Å². The first-order chi connectivity index (χ1) is 12.8. The molecule has 2 aromatic carbocycles. The highest BCUT2D eigenvalue weighted by molar-refractivity contribution is 5.75. The van der Waals surface area contributed by atoms with Crippen LogP contribution in [0.2, 0.25) is 0 Å². The Labute approximate surface area is 155 Å². The van der Waals surface area contributed by atoms with Crippen molar-refractivity contribution in [1.29, 1.82) is 0 Å². The van der Waals surface area contributed by atoms with Gasteiger partial charge in [-0.2, -0.15) is 0 Å². The Morgan fingerprint density at radius 1 is 0.846 bits per heavy atom. The predicted molar refractivity (Wildman–Crippen MR) is 106 cm³/mol. The van der Waals surface area contributed by atoms with Crippen LogP contribution < -0.4 is 10.2 Å². The van der Waals surface area contributed by atoms with E-state index in [1.807, 2.05) is 11.0 Å². The van der Waals surface area contributed by atoms with E-state index in [9.17, 15) is 4.79 Å². The fourth-order valence-electron chi connectivity index (χ4n) is 4.16. The Morgan fingerprint density at radius 2 is 1.50 bits per heavy atom. The third-order valence-electron chi connectivity index (χ3n) is 5.69. The van der Waals surface area contributed by atoms with Gasteiger partial charge in [0.15, 0.2) is 0 Å². The van der Waals surface area contributed by atoms with E-state index in [1.54, 1.807) is 0 Å². The second-order valence-electron chi connectivity index (χ2n) is 7.39. The van der Waals surface area contributed by atoms with Crippen LogP contribution in [0.3, 0.4) is 0 Å². The number of carbonyl (C=O) groups is 1. The van der Waals surface area contributed by atoms with E-state index in [-0.39, 0.29) is 12.1 Å². The highest BCUT2D eigenvalue weighted by Crippen LogP contribution is 2.28. The van der Waals surface area contributed by atoms with Crippen molar-refractivity contribution in [2.24, 2.45) is 0 Å². The number of hydrogen-bond acceptors (Lipinski definition) is 2. The molecule has 0 aromatic heterocycles. The molecule has 2 aliphatic heterocycles. The molecule has 0 aliphatic carbocycles. The van der Waals surface area contributed by atoms with Crippen molar-refractivity contribution in [3.05, 3.63) is 66.2 Å². The van der Waals surface area contributed by atoms with E-state index in [4.69, 9.17) is 0 Å². The molecule has 1 atom stereocenters. The maximum Gasteiger partial charge on any atom is 0.317 e. The summed E-state index contributed by atoms with van der Waals surface area (Å²) in [5.74, 6) is 0.584. The molecule has 2 aromatic rings. The highest BCUT2D eigenvalue weighted by atomic mass is 16.2. The van der Waals surface area contributed by atoms with Crippen LogP contribution in [0, 0.1) is 0 Å². The van der Waals surface area contributed by atoms with Gasteiger partial charge in [-0.15, -0.1) is 0 Å². The summed E-state index contributed by atoms with van der Waals surface area (Å²) in [6, 6.07) is 21.5. The molecule has 0 radical (unpaired) electrons. The third kappa shape index (κ3) is 3.85. The van der Waals surface area contributed by atoms with Crippen molar-refractivity contribution >= 4 is 11.7 Å². The Kier molecular flexibility index (Phi) is 5.09. The summed E-state index contributed by atoms with van der Waals surface area (Å²) in [5.41, 5.74) is 2.65. The fourth-order valence-corrected chi connectivity index (χ4v) is 4.16. The van der Waals surface area contributed by atoms with Gasteiger partial charge in [-0.1, -0.05) is 48.5 Å². The summed E-state index contributed by atoms with van der Waals surface area (Å²) >= 11 is 0. The number of rotatable bonds is 3. The van der Waals surface area contributed by atoms with Crippen molar-refractivity contribution in [3.8, 4) is 0 Å². The first-order valence-corrected chi connectivity index (χ1v) is 9.70. The number of urea groups is 1. The van der Waals surface area contributed by atoms with E-state index < -0.39 is 0 Å². The van der Waals surface area contributed by atoms with Gasteiger partial charge in [-0.3, -0.25) is 0 Å². The Morgan fingerprint density at radius 3 is 2.19 bits per heavy atom. The summed E-state index contributed by atoms with van der Waals surface area (Å²) in [6.45, 7) is 3.60. The lowest BCUT2D eigenvalue weighted by atomic mass is 9.90. The second kappa shape index (κ2) is 7.81. The number of para-hydroxylation sites is 1. The molecule has 1 N–H and O–H groups in total. The number of benzene rings is 2. The highest BCUT2D eigenvalue weighted by Gasteiger charge is 2.28. The van der Waals surface area contributed by atoms with E-state index in [0.717, 1.165) is 45.4 Å². The van der Waals surface area contributed by atoms with E-state index in [1.165, 1.54) is 11.3 Å². The van der Waals surface area contributed by atoms with Crippen molar-refractivity contribution in [1.82, 2.24) is 10.2 Å². The Balaban J connectivity index is 1.26. The lowest BCUT2D eigenvalue weighted by Crippen LogP contribution is -2.48. The molecule has 2 fully saturated rings. The quantitative estimate of drug-likeness (QED) is 0.913. The number of likely N-dealkylation sites (tertiary alicyclic amines) is 1. The van der Waals surface area contributed by atoms with Gasteiger partial charge < -0.3 is 15.1 Å². The topological polar surface area (TPSA) is 35.6 Å². The molecule has 0 spiro atoms. The molecule has 0 bridgehead atoms. The first kappa shape index (κ1) is 17.0. The second-order valence-corrected chi connectivity index (χ2v) is 7.39. The van der Waals surface area contributed by atoms with Crippen LogP contribution in [0.5, 0.6) is 0 Å². The van der Waals surface area contributed by atoms with Gasteiger partial charge in [0.25, 0.3) is 0 Å². The van der Waals surface area contributed by atoms with Gasteiger partial charge >= 0.3 is 6.03 Å². The summed E-state index contributed by atoms with van der Waals surface area (Å²) in [4.78, 5) is 17.0. The van der Waals surface area contributed by atoms with Gasteiger partial charge in [0.05, 0.1) is 0 Å². The summed E-state index contributed by atoms with van der Waals surface area (Å²) < 4.78 is 0. The summed E-state index contributed by atoms with van der Waals surface area (Å²) in [6.07, 6.45) is 3.12. The molecule has 1 unspecified atom stereocenters. The van der Waals surface area contributed by atoms with E-state index in [2.05, 4.69) is 64.8 Å². The number of hydrogen-bond donors (Lipinski definition) is 1. The van der Waals surface area contributed by atoms with Crippen molar-refractivity contribution < 1.29 is 4.79 Å². The smallest absolute Gasteiger partial charge is 0.317 e. The normalized spacial score (nSPS) is 21.0. The average Bonchev–Trinajstić information content (AvgIpc) is 3.18. The SMILES string of the molecule is O=C(NC1CCN(c2ccccc2)C1)N1CCC(c2ccccc2)CC1. The number of anilines is 1. The standard InChI is InChI=1S/C22H27N3O/c26-22(23-20-13-16-25(17-20)21-9-5-2-6-10-21)24-14-11-19(12-15-24)18-7-3-1-4-8-18/h1-10,19-20H,11-17H2,(H,23,26). The number of nitrogens with one attached hydrogen (secondary N) is 1. The van der Waals surface area contributed by atoms with Crippen molar-refractivity contribution in [3.63, 3.8) is 0 Å². The molecule has 4 heteroatoms. The maximum atomic E-state index is 12.6. The van der Waals surface area contributed by atoms with E-state index in [0.29, 0.717) is 5.92 Å². The maximum absolute atomic E-state index is 12.6. The van der Waals surface area contributed by atoms with Crippen LogP contribution in [0.4, 0.5) is 10.5 Å². The van der Waals surface area contributed by atoms with Crippen molar-refractivity contribution in [2.75, 3.05) is 31.1 Å². The predicted octanol–water partition coefficient (Wildman–Crippen LogP) is 3.85. The van der Waals surface area contributed by atoms with Gasteiger partial charge in [0.1, 0.15) is 0 Å². The monoisotopic (exact) mass is 349 g/mol. The van der Waals surface area contributed by atoms with Crippen LogP contribution in [-0.2, 0) is 0 Å². The van der Waals surface area contributed by atoms with Crippen LogP contribution >= 0.6 is 0 Å². The molecule has 4 nitrogen and oxygen atoms in total. The minimum atomic E-state index is 0.108. The zero-order valence-corrected chi connectivity index (χ0v) is 15.2. The minimum Gasteiger partial charge on any atom is -0.369 e. The summed E-state index contributed by atoms with van der Waals surface area (Å²) in [5, 5.41) is 3.25. The zero-order chi connectivity index (χ0) is 17.8. The van der Waals surface area contributed by atoms with Gasteiger partial charge in [0, 0.05) is 37.9 Å². The molecule has 2 heterocycles. The molecule has 136 valence electrons. The lowest BCUT2D eigenvalue weighted by molar-refractivity contribution is 0.178. The molecule has 2 saturated heterocycles. The molecule has 4 rings (SSSR count). The average molecular weight is 349 g/mol. The third-order valence-corrected chi connectivity index (χ3v) is 5.69. The fraction of sp³-hybridized carbons (Fsp3) is 0.409. The first-order valence-electron chi connectivity index (χ1n) is 9.70. The largest absolute Gasteiger partial charge is 0.369 e. The van der Waals surface area contributed by atoms with Gasteiger partial charge in [-0.05, 0) is 42.9 Å². The van der Waals surface area contributed by atoms with Crippen LogP contribution in [0.1, 0.15) is 30.7 Å². The number of amides is 2. The number of carbonyl (C=O) groups excluding carboxylic acids is 1. The Hall–Kier alpha value is -2.49. The Bertz CT molecular complexity index is 711. The van der Waals surface area contributed by atoms with Crippen LogP contribution in [-0.4, -0.2) is 43.2 Å². The molecular weight excluding hydrogens is 322 g/mol. The minimum absolute atomic E-state index is 0.108. The summed E-state index contributed by atoms with van der Waals surface area (Å²) in [7, 11) is 0. The zero-order valence-electron chi connectivity index (χ0n) is 15.2. The number of piperidine rings is 1. The molecule has 2 amide bonds. The molecular formula is C22H27N3O. The van der Waals surface area contributed by atoms with Crippen LogP contribution in [0.25, 0.3) is 0 Å².